The molecule has 2 aromatic carbocycles. The molecule has 8 heteroatoms. The lowest BCUT2D eigenvalue weighted by atomic mass is 10.1. The van der Waals surface area contributed by atoms with E-state index in [9.17, 15) is 23.3 Å². The molecule has 0 heterocycles. The molecule has 110 valence electrons. The van der Waals surface area contributed by atoms with Gasteiger partial charge in [0.15, 0.2) is 0 Å². The molecule has 0 amide bonds. The molecule has 0 aromatic heterocycles. The Morgan fingerprint density at radius 3 is 2.29 bits per heavy atom. The van der Waals surface area contributed by atoms with Gasteiger partial charge < -0.3 is 11.1 Å². The lowest BCUT2D eigenvalue weighted by molar-refractivity contribution is -0.383. The van der Waals surface area contributed by atoms with E-state index in [2.05, 4.69) is 5.32 Å². The normalized spacial score (nSPS) is 11.2. The van der Waals surface area contributed by atoms with E-state index in [0.717, 1.165) is 6.07 Å². The highest BCUT2D eigenvalue weighted by atomic mass is 19.4. The summed E-state index contributed by atoms with van der Waals surface area (Å²) in [4.78, 5) is 10.2. The number of nitrogens with zero attached hydrogens (tertiary/aromatic N) is 1. The van der Waals surface area contributed by atoms with E-state index in [4.69, 9.17) is 5.73 Å². The molecule has 0 bridgehead atoms. The summed E-state index contributed by atoms with van der Waals surface area (Å²) in [5.41, 5.74) is 3.61. The van der Waals surface area contributed by atoms with Crippen molar-refractivity contribution in [2.75, 3.05) is 11.1 Å². The maximum absolute atomic E-state index is 12.9. The molecule has 0 spiro atoms. The fourth-order valence-electron chi connectivity index (χ4n) is 1.85. The van der Waals surface area contributed by atoms with Crippen LogP contribution in [-0.2, 0) is 6.18 Å². The van der Waals surface area contributed by atoms with E-state index < -0.39 is 22.4 Å². The predicted molar refractivity (Wildman–Crippen MR) is 72.2 cm³/mol. The number of nitrogens with two attached hydrogens (primary N) is 1. The van der Waals surface area contributed by atoms with E-state index in [0.29, 0.717) is 0 Å². The molecule has 0 aliphatic rings. The average Bonchev–Trinajstić information content (AvgIpc) is 2.37. The molecule has 21 heavy (non-hydrogen) atoms. The molecule has 0 aliphatic heterocycles. The van der Waals surface area contributed by atoms with Gasteiger partial charge in [-0.1, -0.05) is 18.2 Å². The van der Waals surface area contributed by atoms with Crippen molar-refractivity contribution in [1.29, 1.82) is 0 Å². The molecule has 0 unspecified atom stereocenters. The highest BCUT2D eigenvalue weighted by Crippen LogP contribution is 2.38. The number of para-hydroxylation sites is 2. The molecular formula is C13H10F3N3O2. The van der Waals surface area contributed by atoms with Crippen LogP contribution < -0.4 is 11.1 Å². The number of nitro groups is 1. The Hall–Kier alpha value is -2.77. The zero-order valence-corrected chi connectivity index (χ0v) is 10.5. The Labute approximate surface area is 117 Å². The average molecular weight is 297 g/mol. The van der Waals surface area contributed by atoms with Gasteiger partial charge >= 0.3 is 11.9 Å². The quantitative estimate of drug-likeness (QED) is 0.511. The number of alkyl halides is 3. The smallest absolute Gasteiger partial charge is 0.393 e. The number of hydrogen-bond acceptors (Lipinski definition) is 4. The Morgan fingerprint density at radius 1 is 1.05 bits per heavy atom. The van der Waals surface area contributed by atoms with Gasteiger partial charge in [-0.3, -0.25) is 10.1 Å². The predicted octanol–water partition coefficient (Wildman–Crippen LogP) is 3.94. The highest BCUT2D eigenvalue weighted by molar-refractivity contribution is 5.79. The molecule has 0 saturated carbocycles. The van der Waals surface area contributed by atoms with Crippen LogP contribution in [0.1, 0.15) is 5.56 Å². The van der Waals surface area contributed by atoms with Crippen LogP contribution in [0.2, 0.25) is 0 Å². The van der Waals surface area contributed by atoms with Crippen LogP contribution in [0.5, 0.6) is 0 Å². The summed E-state index contributed by atoms with van der Waals surface area (Å²) in [7, 11) is 0. The first-order chi connectivity index (χ1) is 9.80. The van der Waals surface area contributed by atoms with E-state index in [1.54, 1.807) is 0 Å². The number of anilines is 3. The van der Waals surface area contributed by atoms with Gasteiger partial charge in [-0.2, -0.15) is 13.2 Å². The van der Waals surface area contributed by atoms with Gasteiger partial charge in [-0.15, -0.1) is 0 Å². The number of hydrogen-bond donors (Lipinski definition) is 2. The van der Waals surface area contributed by atoms with Gasteiger partial charge in [0.2, 0.25) is 0 Å². The second kappa shape index (κ2) is 5.31. The summed E-state index contributed by atoms with van der Waals surface area (Å²) in [6.45, 7) is 0. The zero-order chi connectivity index (χ0) is 15.6. The molecule has 0 atom stereocenters. The van der Waals surface area contributed by atoms with Crippen LogP contribution in [0, 0.1) is 10.1 Å². The van der Waals surface area contributed by atoms with E-state index in [-0.39, 0.29) is 17.1 Å². The number of halogens is 3. The highest BCUT2D eigenvalue weighted by Gasteiger charge is 2.33. The van der Waals surface area contributed by atoms with Gasteiger partial charge in [0.05, 0.1) is 16.2 Å². The maximum Gasteiger partial charge on any atom is 0.418 e. The van der Waals surface area contributed by atoms with Crippen molar-refractivity contribution in [3.8, 4) is 0 Å². The monoisotopic (exact) mass is 297 g/mol. The number of nitrogen functional groups attached to an aromatic ring is 1. The van der Waals surface area contributed by atoms with Gasteiger partial charge in [0.1, 0.15) is 11.4 Å². The standard InChI is InChI=1S/C13H10F3N3O2/c14-13(15,16)8-4-1-2-6-10(8)18-11-7-3-5-9(17)12(11)19(20)21/h1-7,18H,17H2. The Kier molecular flexibility index (Phi) is 3.70. The van der Waals surface area contributed by atoms with Crippen molar-refractivity contribution in [3.63, 3.8) is 0 Å². The van der Waals surface area contributed by atoms with E-state index >= 15 is 0 Å². The maximum atomic E-state index is 12.9. The number of benzene rings is 2. The Balaban J connectivity index is 2.50. The van der Waals surface area contributed by atoms with Crippen molar-refractivity contribution in [2.24, 2.45) is 0 Å². The van der Waals surface area contributed by atoms with Crippen LogP contribution >= 0.6 is 0 Å². The van der Waals surface area contributed by atoms with E-state index in [1.165, 1.54) is 36.4 Å². The molecule has 2 aromatic rings. The first kappa shape index (κ1) is 14.6. The Morgan fingerprint density at radius 2 is 1.67 bits per heavy atom. The lowest BCUT2D eigenvalue weighted by Gasteiger charge is -2.14. The minimum atomic E-state index is -4.57. The van der Waals surface area contributed by atoms with Crippen molar-refractivity contribution < 1.29 is 18.1 Å². The summed E-state index contributed by atoms with van der Waals surface area (Å²) in [5, 5.41) is 13.4. The van der Waals surface area contributed by atoms with Crippen molar-refractivity contribution in [2.45, 2.75) is 6.18 Å². The van der Waals surface area contributed by atoms with E-state index in [1.807, 2.05) is 0 Å². The summed E-state index contributed by atoms with van der Waals surface area (Å²) in [6, 6.07) is 8.73. The topological polar surface area (TPSA) is 81.2 Å². The van der Waals surface area contributed by atoms with Crippen molar-refractivity contribution in [3.05, 3.63) is 58.1 Å². The minimum Gasteiger partial charge on any atom is -0.393 e. The molecule has 3 N–H and O–H groups in total. The van der Waals surface area contributed by atoms with Crippen LogP contribution in [0.25, 0.3) is 0 Å². The van der Waals surface area contributed by atoms with Gasteiger partial charge in [0.25, 0.3) is 0 Å². The van der Waals surface area contributed by atoms with Crippen LogP contribution in [-0.4, -0.2) is 4.92 Å². The summed E-state index contributed by atoms with van der Waals surface area (Å²) in [5.74, 6) is 0. The van der Waals surface area contributed by atoms with Crippen LogP contribution in [0.4, 0.5) is 35.9 Å². The molecule has 2 rings (SSSR count). The van der Waals surface area contributed by atoms with Gasteiger partial charge in [-0.05, 0) is 24.3 Å². The summed E-state index contributed by atoms with van der Waals surface area (Å²) >= 11 is 0. The molecule has 0 radical (unpaired) electrons. The second-order valence-electron chi connectivity index (χ2n) is 4.17. The SMILES string of the molecule is Nc1cccc(Nc2ccccc2C(F)(F)F)c1[N+](=O)[O-]. The Bertz CT molecular complexity index is 687. The molecule has 5 nitrogen and oxygen atoms in total. The summed E-state index contributed by atoms with van der Waals surface area (Å²) < 4.78 is 38.7. The molecule has 0 saturated heterocycles. The first-order valence-corrected chi connectivity index (χ1v) is 5.77. The first-order valence-electron chi connectivity index (χ1n) is 5.77. The third-order valence-corrected chi connectivity index (χ3v) is 2.75. The minimum absolute atomic E-state index is 0.100. The largest absolute Gasteiger partial charge is 0.418 e. The number of nitro benzene ring substituents is 1. The van der Waals surface area contributed by atoms with Gasteiger partial charge in [0, 0.05) is 0 Å². The molecule has 0 fully saturated rings. The third-order valence-electron chi connectivity index (χ3n) is 2.75. The fourth-order valence-corrected chi connectivity index (χ4v) is 1.85. The molecular weight excluding hydrogens is 287 g/mol. The zero-order valence-electron chi connectivity index (χ0n) is 10.5. The van der Waals surface area contributed by atoms with Crippen LogP contribution in [0.15, 0.2) is 42.5 Å². The molecule has 0 aliphatic carbocycles. The fraction of sp³-hybridized carbons (Fsp3) is 0.0769. The number of nitrogens with one attached hydrogen (secondary N) is 1. The lowest BCUT2D eigenvalue weighted by Crippen LogP contribution is -2.09. The number of rotatable bonds is 3. The second-order valence-corrected chi connectivity index (χ2v) is 4.17. The van der Waals surface area contributed by atoms with Crippen molar-refractivity contribution >= 4 is 22.7 Å². The van der Waals surface area contributed by atoms with Crippen molar-refractivity contribution in [1.82, 2.24) is 0 Å². The van der Waals surface area contributed by atoms with Crippen LogP contribution in [0.3, 0.4) is 0 Å². The van der Waals surface area contributed by atoms with Gasteiger partial charge in [-0.25, -0.2) is 0 Å². The summed E-state index contributed by atoms with van der Waals surface area (Å²) in [6.07, 6.45) is -4.57. The third kappa shape index (κ3) is 3.04.